The van der Waals surface area contributed by atoms with Crippen molar-refractivity contribution in [1.82, 2.24) is 5.32 Å². The molecule has 8 nitrogen and oxygen atoms in total. The summed E-state index contributed by atoms with van der Waals surface area (Å²) in [7, 11) is -4.15. The minimum absolute atomic E-state index is 0.0476. The predicted octanol–water partition coefficient (Wildman–Crippen LogP) is 2.76. The third-order valence-corrected chi connectivity index (χ3v) is 12.1. The molecule has 4 aliphatic rings. The first-order valence-corrected chi connectivity index (χ1v) is 15.6. The Kier molecular flexibility index (Phi) is 7.93. The third kappa shape index (κ3) is 5.12. The molecule has 5 N–H and O–H groups in total. The lowest BCUT2D eigenvalue weighted by Gasteiger charge is -2.63. The number of hydrogen-bond acceptors (Lipinski definition) is 6. The van der Waals surface area contributed by atoms with Gasteiger partial charge in [0.2, 0.25) is 5.91 Å². The third-order valence-electron chi connectivity index (χ3n) is 11.2. The Morgan fingerprint density at radius 1 is 1.03 bits per heavy atom. The highest BCUT2D eigenvalue weighted by atomic mass is 32.2. The molecule has 4 fully saturated rings. The lowest BCUT2D eigenvalue weighted by molar-refractivity contribution is -0.207. The van der Waals surface area contributed by atoms with Gasteiger partial charge in [-0.15, -0.1) is 0 Å². The second kappa shape index (κ2) is 10.1. The lowest BCUT2D eigenvalue weighted by atomic mass is 9.43. The Bertz CT molecular complexity index is 927. The standard InChI is InChI=1S/C27H47NO7S/c1-15(5-8-24(32)28-16(2)14-36(33,34)35)19-6-7-20-25-21(13-23(31)27(19,20)4)26(3)10-9-18(29)11-17(26)12-22(25)30/h15-23,25,29-31H,5-14H2,1-4H3,(H,28,32)(H,33,34,35)/t15-,16+,17+,18-,19-,20+,21+,22-,23+,25+,26+,27-/m1/s1. The fourth-order valence-electron chi connectivity index (χ4n) is 9.40. The molecule has 208 valence electrons. The molecule has 0 aromatic carbocycles. The summed E-state index contributed by atoms with van der Waals surface area (Å²) in [6, 6.07) is -0.660. The molecule has 0 spiro atoms. The minimum atomic E-state index is -4.15. The molecule has 0 heterocycles. The summed E-state index contributed by atoms with van der Waals surface area (Å²) in [6.45, 7) is 8.23. The number of aliphatic hydroxyl groups excluding tert-OH is 3. The SMILES string of the molecule is C[C@H](CCC(=O)N[C@@H](C)CS(=O)(=O)O)[C@H]1CC[C@H]2[C@@H]3[C@H](O)C[C@@H]4C[C@H](O)CC[C@]4(C)[C@H]3C[C@H](O)[C@]12C. The number of hydrogen-bond donors (Lipinski definition) is 5. The Balaban J connectivity index is 1.44. The summed E-state index contributed by atoms with van der Waals surface area (Å²) in [5.74, 6) is 0.659. The van der Waals surface area contributed by atoms with Crippen molar-refractivity contribution in [2.45, 2.75) is 110 Å². The van der Waals surface area contributed by atoms with Gasteiger partial charge in [-0.1, -0.05) is 20.8 Å². The highest BCUT2D eigenvalue weighted by Gasteiger charge is 2.65. The molecular formula is C27H47NO7S. The highest BCUT2D eigenvalue weighted by Crippen LogP contribution is 2.68. The highest BCUT2D eigenvalue weighted by molar-refractivity contribution is 7.85. The molecule has 0 bridgehead atoms. The first-order valence-electron chi connectivity index (χ1n) is 14.0. The van der Waals surface area contributed by atoms with E-state index in [0.717, 1.165) is 38.5 Å². The van der Waals surface area contributed by atoms with Gasteiger partial charge in [0.15, 0.2) is 0 Å². The van der Waals surface area contributed by atoms with Crippen molar-refractivity contribution in [3.05, 3.63) is 0 Å². The number of aliphatic hydroxyl groups is 3. The molecule has 1 amide bonds. The zero-order valence-corrected chi connectivity index (χ0v) is 23.1. The van der Waals surface area contributed by atoms with Crippen molar-refractivity contribution in [3.8, 4) is 0 Å². The van der Waals surface area contributed by atoms with E-state index in [0.29, 0.717) is 18.8 Å². The van der Waals surface area contributed by atoms with Gasteiger partial charge in [-0.05, 0) is 105 Å². The average molecular weight is 530 g/mol. The molecule has 12 atom stereocenters. The Labute approximate surface area is 216 Å². The van der Waals surface area contributed by atoms with Crippen LogP contribution in [0.15, 0.2) is 0 Å². The van der Waals surface area contributed by atoms with Crippen molar-refractivity contribution < 1.29 is 33.1 Å². The summed E-state index contributed by atoms with van der Waals surface area (Å²) in [4.78, 5) is 12.4. The quantitative estimate of drug-likeness (QED) is 0.319. The van der Waals surface area contributed by atoms with Crippen LogP contribution in [0.1, 0.15) is 85.5 Å². The van der Waals surface area contributed by atoms with E-state index in [1.165, 1.54) is 0 Å². The van der Waals surface area contributed by atoms with Gasteiger partial charge < -0.3 is 20.6 Å². The smallest absolute Gasteiger partial charge is 0.266 e. The van der Waals surface area contributed by atoms with Gasteiger partial charge in [-0.2, -0.15) is 8.42 Å². The van der Waals surface area contributed by atoms with E-state index >= 15 is 0 Å². The van der Waals surface area contributed by atoms with Crippen LogP contribution >= 0.6 is 0 Å². The molecule has 0 unspecified atom stereocenters. The van der Waals surface area contributed by atoms with Gasteiger partial charge in [0.1, 0.15) is 0 Å². The minimum Gasteiger partial charge on any atom is -0.393 e. The fraction of sp³-hybridized carbons (Fsp3) is 0.963. The molecule has 0 saturated heterocycles. The number of carbonyl (C=O) groups is 1. The Morgan fingerprint density at radius 3 is 2.39 bits per heavy atom. The number of carbonyl (C=O) groups excluding carboxylic acids is 1. The predicted molar refractivity (Wildman–Crippen MR) is 136 cm³/mol. The summed E-state index contributed by atoms with van der Waals surface area (Å²) in [5, 5.41) is 36.0. The number of rotatable bonds is 7. The maximum absolute atomic E-state index is 12.4. The van der Waals surface area contributed by atoms with Gasteiger partial charge in [-0.3, -0.25) is 9.35 Å². The van der Waals surface area contributed by atoms with Crippen LogP contribution in [0.3, 0.4) is 0 Å². The van der Waals surface area contributed by atoms with Crippen molar-refractivity contribution in [2.24, 2.45) is 46.3 Å². The van der Waals surface area contributed by atoms with E-state index in [-0.39, 0.29) is 58.9 Å². The van der Waals surface area contributed by atoms with E-state index < -0.39 is 34.1 Å². The summed E-state index contributed by atoms with van der Waals surface area (Å²) >= 11 is 0. The molecule has 0 aromatic rings. The molecule has 36 heavy (non-hydrogen) atoms. The topological polar surface area (TPSA) is 144 Å². The van der Waals surface area contributed by atoms with E-state index in [9.17, 15) is 28.5 Å². The Hall–Kier alpha value is -0.740. The largest absolute Gasteiger partial charge is 0.393 e. The van der Waals surface area contributed by atoms with Gasteiger partial charge in [0.25, 0.3) is 10.1 Å². The molecule has 0 radical (unpaired) electrons. The van der Waals surface area contributed by atoms with Crippen LogP contribution in [0.5, 0.6) is 0 Å². The molecule has 0 aliphatic heterocycles. The van der Waals surface area contributed by atoms with Gasteiger partial charge >= 0.3 is 0 Å². The van der Waals surface area contributed by atoms with Crippen LogP contribution in [0.25, 0.3) is 0 Å². The zero-order valence-electron chi connectivity index (χ0n) is 22.3. The molecule has 4 saturated carbocycles. The molecule has 4 aliphatic carbocycles. The average Bonchev–Trinajstić information content (AvgIpc) is 3.11. The molecule has 9 heteroatoms. The first kappa shape index (κ1) is 28.3. The van der Waals surface area contributed by atoms with E-state index in [1.54, 1.807) is 6.92 Å². The molecule has 4 rings (SSSR count). The van der Waals surface area contributed by atoms with E-state index in [2.05, 4.69) is 26.1 Å². The summed E-state index contributed by atoms with van der Waals surface area (Å²) in [6.07, 6.45) is 5.62. The maximum atomic E-state index is 12.4. The van der Waals surface area contributed by atoms with Gasteiger partial charge in [0, 0.05) is 12.5 Å². The monoisotopic (exact) mass is 529 g/mol. The van der Waals surface area contributed by atoms with Crippen LogP contribution in [0, 0.1) is 46.3 Å². The van der Waals surface area contributed by atoms with E-state index in [4.69, 9.17) is 4.55 Å². The van der Waals surface area contributed by atoms with Crippen molar-refractivity contribution in [3.63, 3.8) is 0 Å². The second-order valence-electron chi connectivity index (χ2n) is 13.3. The second-order valence-corrected chi connectivity index (χ2v) is 14.8. The van der Waals surface area contributed by atoms with Gasteiger partial charge in [0.05, 0.1) is 24.1 Å². The first-order chi connectivity index (χ1) is 16.7. The molecule has 0 aromatic heterocycles. The van der Waals surface area contributed by atoms with Crippen molar-refractivity contribution in [2.75, 3.05) is 5.75 Å². The van der Waals surface area contributed by atoms with Crippen LogP contribution in [-0.2, 0) is 14.9 Å². The van der Waals surface area contributed by atoms with E-state index in [1.807, 2.05) is 0 Å². The van der Waals surface area contributed by atoms with Crippen molar-refractivity contribution in [1.29, 1.82) is 0 Å². The van der Waals surface area contributed by atoms with Crippen LogP contribution in [0.4, 0.5) is 0 Å². The lowest BCUT2D eigenvalue weighted by Crippen LogP contribution is -2.62. The number of nitrogens with one attached hydrogen (secondary N) is 1. The van der Waals surface area contributed by atoms with Crippen LogP contribution < -0.4 is 5.32 Å². The van der Waals surface area contributed by atoms with Crippen LogP contribution in [0.2, 0.25) is 0 Å². The fourth-order valence-corrected chi connectivity index (χ4v) is 10.1. The maximum Gasteiger partial charge on any atom is 0.266 e. The summed E-state index contributed by atoms with van der Waals surface area (Å²) in [5.41, 5.74) is -0.264. The zero-order chi connectivity index (χ0) is 26.6. The van der Waals surface area contributed by atoms with Crippen molar-refractivity contribution >= 4 is 16.0 Å². The van der Waals surface area contributed by atoms with Gasteiger partial charge in [-0.25, -0.2) is 0 Å². The normalized spacial score (nSPS) is 46.2. The van der Waals surface area contributed by atoms with Crippen LogP contribution in [-0.4, -0.2) is 64.3 Å². The summed E-state index contributed by atoms with van der Waals surface area (Å²) < 4.78 is 31.1. The Morgan fingerprint density at radius 2 is 1.72 bits per heavy atom. The molecular weight excluding hydrogens is 482 g/mol. The number of fused-ring (bicyclic) bond motifs is 5. The number of amides is 1.